The van der Waals surface area contributed by atoms with Crippen molar-refractivity contribution in [2.45, 2.75) is 20.1 Å². The summed E-state index contributed by atoms with van der Waals surface area (Å²) in [6, 6.07) is 15.5. The molecule has 0 radical (unpaired) electrons. The first-order valence-electron chi connectivity index (χ1n) is 9.46. The van der Waals surface area contributed by atoms with Gasteiger partial charge >= 0.3 is 0 Å². The third-order valence-corrected chi connectivity index (χ3v) is 4.98. The second-order valence-electron chi connectivity index (χ2n) is 6.72. The Kier molecular flexibility index (Phi) is 7.14. The van der Waals surface area contributed by atoms with Gasteiger partial charge in [0.05, 0.1) is 12.8 Å². The van der Waals surface area contributed by atoms with Crippen LogP contribution in [-0.4, -0.2) is 22.8 Å². The molecule has 0 aliphatic carbocycles. The minimum absolute atomic E-state index is 0.224. The molecule has 1 aromatic heterocycles. The highest BCUT2D eigenvalue weighted by molar-refractivity contribution is 6.31. The molecule has 6 nitrogen and oxygen atoms in total. The third-order valence-electron chi connectivity index (χ3n) is 4.53. The summed E-state index contributed by atoms with van der Waals surface area (Å²) in [6.07, 6.45) is 3.12. The Labute approximate surface area is 181 Å². The molecule has 3 aromatic rings. The van der Waals surface area contributed by atoms with Gasteiger partial charge in [0.1, 0.15) is 11.8 Å². The zero-order valence-corrected chi connectivity index (χ0v) is 17.9. The van der Waals surface area contributed by atoms with E-state index < -0.39 is 0 Å². The molecule has 1 heterocycles. The van der Waals surface area contributed by atoms with E-state index in [1.807, 2.05) is 55.5 Å². The summed E-state index contributed by atoms with van der Waals surface area (Å²) in [7, 11) is 3.35. The normalized spacial score (nSPS) is 10.9. The summed E-state index contributed by atoms with van der Waals surface area (Å²) in [5, 5.41) is 7.56. The number of amides is 1. The van der Waals surface area contributed by atoms with Crippen LogP contribution in [0.3, 0.4) is 0 Å². The molecule has 0 saturated carbocycles. The molecule has 0 fully saturated rings. The maximum Gasteiger partial charge on any atom is 0.244 e. The molecule has 0 spiro atoms. The Morgan fingerprint density at radius 3 is 2.60 bits per heavy atom. The number of aromatic nitrogens is 2. The summed E-state index contributed by atoms with van der Waals surface area (Å²) < 4.78 is 12.9. The lowest BCUT2D eigenvalue weighted by Gasteiger charge is -2.12. The highest BCUT2D eigenvalue weighted by atomic mass is 35.5. The maximum absolute atomic E-state index is 12.2. The lowest BCUT2D eigenvalue weighted by Crippen LogP contribution is -2.20. The summed E-state index contributed by atoms with van der Waals surface area (Å²) >= 11 is 6.18. The number of nitrogens with one attached hydrogen (secondary N) is 1. The zero-order valence-electron chi connectivity index (χ0n) is 17.2. The van der Waals surface area contributed by atoms with Crippen LogP contribution in [0.2, 0.25) is 5.15 Å². The van der Waals surface area contributed by atoms with Crippen molar-refractivity contribution in [3.8, 4) is 11.5 Å². The van der Waals surface area contributed by atoms with Crippen molar-refractivity contribution in [1.29, 1.82) is 0 Å². The van der Waals surface area contributed by atoms with Gasteiger partial charge in [-0.3, -0.25) is 9.48 Å². The summed E-state index contributed by atoms with van der Waals surface area (Å²) in [5.41, 5.74) is 3.47. The minimum Gasteiger partial charge on any atom is -0.493 e. The molecule has 7 heteroatoms. The minimum atomic E-state index is -0.224. The number of ether oxygens (including phenoxy) is 2. The van der Waals surface area contributed by atoms with Gasteiger partial charge in [-0.25, -0.2) is 0 Å². The van der Waals surface area contributed by atoms with E-state index >= 15 is 0 Å². The van der Waals surface area contributed by atoms with Crippen LogP contribution in [0.25, 0.3) is 6.08 Å². The standard InChI is InChI=1S/C23H24ClN3O3/c1-16-19(23(24)27(2)26-16)10-12-22(28)25-14-18-9-11-20(21(13-18)29-3)30-15-17-7-5-4-6-8-17/h4-13H,14-15H2,1-3H3,(H,25,28)/b12-10+. The van der Waals surface area contributed by atoms with Gasteiger partial charge in [0.25, 0.3) is 0 Å². The summed E-state index contributed by atoms with van der Waals surface area (Å²) in [6.45, 7) is 2.66. The van der Waals surface area contributed by atoms with Crippen LogP contribution in [-0.2, 0) is 25.0 Å². The molecule has 30 heavy (non-hydrogen) atoms. The molecule has 0 aliphatic heterocycles. The molecule has 2 aromatic carbocycles. The molecule has 0 bridgehead atoms. The third kappa shape index (κ3) is 5.42. The molecule has 0 atom stereocenters. The summed E-state index contributed by atoms with van der Waals surface area (Å²) in [4.78, 5) is 12.2. The van der Waals surface area contributed by atoms with E-state index in [2.05, 4.69) is 10.4 Å². The van der Waals surface area contributed by atoms with Gasteiger partial charge in [0.2, 0.25) is 5.91 Å². The van der Waals surface area contributed by atoms with E-state index in [0.717, 1.165) is 22.4 Å². The predicted molar refractivity (Wildman–Crippen MR) is 118 cm³/mol. The molecule has 1 amide bonds. The number of hydrogen-bond donors (Lipinski definition) is 1. The van der Waals surface area contributed by atoms with E-state index in [9.17, 15) is 4.79 Å². The molecule has 156 valence electrons. The average Bonchev–Trinajstić information content (AvgIpc) is 3.01. The number of carbonyl (C=O) groups is 1. The first-order chi connectivity index (χ1) is 14.5. The van der Waals surface area contributed by atoms with Gasteiger partial charge in [0.15, 0.2) is 11.5 Å². The van der Waals surface area contributed by atoms with E-state index in [0.29, 0.717) is 29.8 Å². The fourth-order valence-electron chi connectivity index (χ4n) is 2.92. The van der Waals surface area contributed by atoms with E-state index in [-0.39, 0.29) is 5.91 Å². The lowest BCUT2D eigenvalue weighted by molar-refractivity contribution is -0.116. The molecule has 0 unspecified atom stereocenters. The van der Waals surface area contributed by atoms with Gasteiger partial charge in [-0.1, -0.05) is 48.0 Å². The average molecular weight is 426 g/mol. The Bertz CT molecular complexity index is 1050. The molecule has 3 rings (SSSR count). The molecule has 0 aliphatic rings. The number of carbonyl (C=O) groups excluding carboxylic acids is 1. The maximum atomic E-state index is 12.2. The second kappa shape index (κ2) is 9.98. The Balaban J connectivity index is 1.58. The van der Waals surface area contributed by atoms with Gasteiger partial charge in [-0.2, -0.15) is 5.10 Å². The second-order valence-corrected chi connectivity index (χ2v) is 7.08. The first kappa shape index (κ1) is 21.5. The number of rotatable bonds is 8. The number of methoxy groups -OCH3 is 1. The van der Waals surface area contributed by atoms with Gasteiger partial charge in [-0.15, -0.1) is 0 Å². The largest absolute Gasteiger partial charge is 0.493 e. The Morgan fingerprint density at radius 2 is 1.93 bits per heavy atom. The van der Waals surface area contributed by atoms with Gasteiger partial charge < -0.3 is 14.8 Å². The van der Waals surface area contributed by atoms with Crippen molar-refractivity contribution in [2.75, 3.05) is 7.11 Å². The van der Waals surface area contributed by atoms with Crippen molar-refractivity contribution in [3.05, 3.63) is 82.1 Å². The first-order valence-corrected chi connectivity index (χ1v) is 9.84. The highest BCUT2D eigenvalue weighted by Crippen LogP contribution is 2.29. The van der Waals surface area contributed by atoms with Crippen LogP contribution in [0.5, 0.6) is 11.5 Å². The van der Waals surface area contributed by atoms with Crippen LogP contribution < -0.4 is 14.8 Å². The van der Waals surface area contributed by atoms with Crippen molar-refractivity contribution < 1.29 is 14.3 Å². The number of hydrogen-bond acceptors (Lipinski definition) is 4. The van der Waals surface area contributed by atoms with Crippen molar-refractivity contribution >= 4 is 23.6 Å². The monoisotopic (exact) mass is 425 g/mol. The number of nitrogens with zero attached hydrogens (tertiary/aromatic N) is 2. The Morgan fingerprint density at radius 1 is 1.17 bits per heavy atom. The molecular weight excluding hydrogens is 402 g/mol. The van der Waals surface area contributed by atoms with E-state index in [1.54, 1.807) is 24.9 Å². The number of benzene rings is 2. The smallest absolute Gasteiger partial charge is 0.244 e. The topological polar surface area (TPSA) is 65.4 Å². The molecular formula is C23H24ClN3O3. The van der Waals surface area contributed by atoms with Crippen LogP contribution in [0.4, 0.5) is 0 Å². The SMILES string of the molecule is COc1cc(CNC(=O)/C=C/c2c(C)nn(C)c2Cl)ccc1OCc1ccccc1. The molecule has 1 N–H and O–H groups in total. The van der Waals surface area contributed by atoms with Crippen LogP contribution >= 0.6 is 11.6 Å². The van der Waals surface area contributed by atoms with Crippen molar-refractivity contribution in [1.82, 2.24) is 15.1 Å². The van der Waals surface area contributed by atoms with E-state index in [4.69, 9.17) is 21.1 Å². The quantitative estimate of drug-likeness (QED) is 0.546. The van der Waals surface area contributed by atoms with Crippen molar-refractivity contribution in [2.24, 2.45) is 7.05 Å². The fourth-order valence-corrected chi connectivity index (χ4v) is 3.16. The zero-order chi connectivity index (χ0) is 21.5. The fraction of sp³-hybridized carbons (Fsp3) is 0.217. The van der Waals surface area contributed by atoms with Crippen LogP contribution in [0.15, 0.2) is 54.6 Å². The molecule has 0 saturated heterocycles. The van der Waals surface area contributed by atoms with E-state index in [1.165, 1.54) is 6.08 Å². The number of aryl methyl sites for hydroxylation is 2. The highest BCUT2D eigenvalue weighted by Gasteiger charge is 2.09. The van der Waals surface area contributed by atoms with Gasteiger partial charge in [0, 0.05) is 25.2 Å². The van der Waals surface area contributed by atoms with Crippen LogP contribution in [0.1, 0.15) is 22.4 Å². The number of halogens is 1. The van der Waals surface area contributed by atoms with Gasteiger partial charge in [-0.05, 0) is 36.3 Å². The lowest BCUT2D eigenvalue weighted by atomic mass is 10.2. The predicted octanol–water partition coefficient (Wildman–Crippen LogP) is 4.30. The van der Waals surface area contributed by atoms with Crippen molar-refractivity contribution in [3.63, 3.8) is 0 Å². The Hall–Kier alpha value is -3.25. The van der Waals surface area contributed by atoms with Crippen LogP contribution in [0, 0.1) is 6.92 Å². The summed E-state index contributed by atoms with van der Waals surface area (Å²) in [5.74, 6) is 1.04.